The minimum atomic E-state index is -4.10. The van der Waals surface area contributed by atoms with Gasteiger partial charge in [-0.2, -0.15) is 17.7 Å². The van der Waals surface area contributed by atoms with Crippen molar-refractivity contribution in [3.63, 3.8) is 0 Å². The van der Waals surface area contributed by atoms with Gasteiger partial charge in [-0.15, -0.1) is 0 Å². The summed E-state index contributed by atoms with van der Waals surface area (Å²) in [5.41, 5.74) is 4.01. The SMILES string of the molecule is Cc1ccc(S(=O)(=O)N=[P@]2(c3ccccc3)[C@H](c3ccccc3)C(c3ccccc3)=NN2c2ccccc2)cc1. The van der Waals surface area contributed by atoms with Crippen LogP contribution in [-0.2, 0) is 10.0 Å². The molecule has 5 nitrogen and oxygen atoms in total. The van der Waals surface area contributed by atoms with Gasteiger partial charge in [0, 0.05) is 5.30 Å². The maximum Gasteiger partial charge on any atom is 0.283 e. The van der Waals surface area contributed by atoms with Crippen molar-refractivity contribution in [1.29, 1.82) is 0 Å². The highest BCUT2D eigenvalue weighted by molar-refractivity contribution is 7.96. The van der Waals surface area contributed by atoms with E-state index >= 15 is 0 Å². The van der Waals surface area contributed by atoms with Crippen molar-refractivity contribution in [2.75, 3.05) is 4.78 Å². The average molecular weight is 562 g/mol. The molecule has 0 fully saturated rings. The predicted octanol–water partition coefficient (Wildman–Crippen LogP) is 7.79. The summed E-state index contributed by atoms with van der Waals surface area (Å²) in [4.78, 5) is 0.168. The predicted molar refractivity (Wildman–Crippen MR) is 165 cm³/mol. The minimum Gasteiger partial charge on any atom is -0.223 e. The quantitative estimate of drug-likeness (QED) is 0.199. The van der Waals surface area contributed by atoms with E-state index in [1.807, 2.05) is 133 Å². The molecule has 0 spiro atoms. The number of hydrazone groups is 1. The van der Waals surface area contributed by atoms with E-state index in [0.29, 0.717) is 0 Å². The van der Waals surface area contributed by atoms with Crippen LogP contribution in [0.1, 0.15) is 22.3 Å². The van der Waals surface area contributed by atoms with E-state index in [2.05, 4.69) is 0 Å². The lowest BCUT2D eigenvalue weighted by molar-refractivity contribution is 0.598. The van der Waals surface area contributed by atoms with E-state index in [4.69, 9.17) is 9.25 Å². The molecule has 7 heteroatoms. The van der Waals surface area contributed by atoms with Crippen LogP contribution in [0.25, 0.3) is 0 Å². The summed E-state index contributed by atoms with van der Waals surface area (Å²) in [7, 11) is -7.31. The highest BCUT2D eigenvalue weighted by Crippen LogP contribution is 2.70. The molecule has 0 saturated carbocycles. The third-order valence-electron chi connectivity index (χ3n) is 6.97. The van der Waals surface area contributed by atoms with Crippen molar-refractivity contribution in [2.45, 2.75) is 17.5 Å². The number of nitrogens with zero attached hydrogens (tertiary/aromatic N) is 3. The molecule has 0 unspecified atom stereocenters. The lowest BCUT2D eigenvalue weighted by Crippen LogP contribution is -2.23. The van der Waals surface area contributed by atoms with Crippen LogP contribution in [0.5, 0.6) is 0 Å². The van der Waals surface area contributed by atoms with Gasteiger partial charge in [0.05, 0.1) is 22.0 Å². The molecule has 0 radical (unpaired) electrons. The first-order valence-electron chi connectivity index (χ1n) is 13.0. The van der Waals surface area contributed by atoms with Gasteiger partial charge in [0.25, 0.3) is 10.0 Å². The molecule has 5 aromatic carbocycles. The molecule has 0 aliphatic carbocycles. The fraction of sp³-hybridized carbons (Fsp3) is 0.0606. The van der Waals surface area contributed by atoms with E-state index < -0.39 is 22.9 Å². The fourth-order valence-corrected chi connectivity index (χ4v) is 11.5. The maximum atomic E-state index is 14.3. The molecule has 6 rings (SSSR count). The lowest BCUT2D eigenvalue weighted by Gasteiger charge is -2.34. The second kappa shape index (κ2) is 10.7. The summed E-state index contributed by atoms with van der Waals surface area (Å²) in [5.74, 6) is 0. The number of aryl methyl sites for hydroxylation is 1. The third kappa shape index (κ3) is 4.70. The topological polar surface area (TPSA) is 62.1 Å². The van der Waals surface area contributed by atoms with E-state index in [9.17, 15) is 8.42 Å². The molecular weight excluding hydrogens is 533 g/mol. The minimum absolute atomic E-state index is 0.168. The Labute approximate surface area is 235 Å². The largest absolute Gasteiger partial charge is 0.283 e. The van der Waals surface area contributed by atoms with Gasteiger partial charge in [0.2, 0.25) is 0 Å². The fourth-order valence-electron chi connectivity index (χ4n) is 5.08. The monoisotopic (exact) mass is 561 g/mol. The molecule has 1 heterocycles. The molecule has 1 aliphatic heterocycles. The van der Waals surface area contributed by atoms with Crippen molar-refractivity contribution < 1.29 is 8.42 Å². The van der Waals surface area contributed by atoms with E-state index in [1.165, 1.54) is 0 Å². The molecule has 1 aliphatic rings. The second-order valence-corrected chi connectivity index (χ2v) is 14.4. The second-order valence-electron chi connectivity index (χ2n) is 9.64. The highest BCUT2D eigenvalue weighted by atomic mass is 32.2. The first-order chi connectivity index (χ1) is 19.5. The Morgan fingerprint density at radius 1 is 0.675 bits per heavy atom. The molecule has 5 aromatic rings. The molecule has 0 bridgehead atoms. The number of benzene rings is 5. The zero-order valence-corrected chi connectivity index (χ0v) is 23.7. The molecule has 0 saturated heterocycles. The summed E-state index contributed by atoms with van der Waals surface area (Å²) in [6.07, 6.45) is 0. The zero-order chi connectivity index (χ0) is 27.6. The van der Waals surface area contributed by atoms with Crippen LogP contribution in [-0.4, -0.2) is 14.1 Å². The van der Waals surface area contributed by atoms with Gasteiger partial charge in [0.15, 0.2) is 0 Å². The zero-order valence-electron chi connectivity index (χ0n) is 21.9. The Morgan fingerprint density at radius 3 is 1.80 bits per heavy atom. The van der Waals surface area contributed by atoms with Crippen LogP contribution < -0.4 is 10.1 Å². The Morgan fingerprint density at radius 2 is 1.20 bits per heavy atom. The Hall–Kier alpha value is -4.25. The average Bonchev–Trinajstić information content (AvgIpc) is 3.34. The van der Waals surface area contributed by atoms with Crippen LogP contribution in [0.2, 0.25) is 0 Å². The molecule has 0 aromatic heterocycles. The number of para-hydroxylation sites is 1. The van der Waals surface area contributed by atoms with Gasteiger partial charge in [-0.1, -0.05) is 127 Å². The molecule has 2 atom stereocenters. The summed E-state index contributed by atoms with van der Waals surface area (Å²) >= 11 is 0. The molecule has 198 valence electrons. The van der Waals surface area contributed by atoms with Gasteiger partial charge >= 0.3 is 0 Å². The van der Waals surface area contributed by atoms with Gasteiger partial charge in [0.1, 0.15) is 7.21 Å². The van der Waals surface area contributed by atoms with E-state index in [0.717, 1.165) is 33.4 Å². The van der Waals surface area contributed by atoms with Crippen LogP contribution in [0.4, 0.5) is 5.69 Å². The number of anilines is 1. The number of hydrogen-bond donors (Lipinski definition) is 0. The van der Waals surface area contributed by atoms with Crippen molar-refractivity contribution in [1.82, 2.24) is 0 Å². The Balaban J connectivity index is 1.75. The van der Waals surface area contributed by atoms with Crippen LogP contribution >= 0.6 is 7.21 Å². The molecule has 0 N–H and O–H groups in total. The van der Waals surface area contributed by atoms with Crippen LogP contribution in [0, 0.1) is 6.92 Å². The van der Waals surface area contributed by atoms with Crippen molar-refractivity contribution in [3.8, 4) is 0 Å². The summed E-state index contributed by atoms with van der Waals surface area (Å²) in [6, 6.07) is 46.4. The van der Waals surface area contributed by atoms with Crippen LogP contribution in [0.15, 0.2) is 160 Å². The number of sulfonamides is 1. The Bertz CT molecular complexity index is 1810. The lowest BCUT2D eigenvalue weighted by atomic mass is 10.0. The van der Waals surface area contributed by atoms with Crippen molar-refractivity contribution >= 4 is 33.9 Å². The molecule has 0 amide bonds. The summed E-state index contributed by atoms with van der Waals surface area (Å²) in [6.45, 7) is 1.94. The molecule has 40 heavy (non-hydrogen) atoms. The first kappa shape index (κ1) is 26.0. The Kier molecular flexibility index (Phi) is 6.97. The van der Waals surface area contributed by atoms with E-state index in [1.54, 1.807) is 24.3 Å². The van der Waals surface area contributed by atoms with E-state index in [-0.39, 0.29) is 4.90 Å². The summed E-state index contributed by atoms with van der Waals surface area (Å²) in [5, 5.41) is 6.08. The standard InChI is InChI=1S/C33H28N3O2PS/c1-26-22-24-31(25-23-26)40(37,38)35-39(30-20-12-5-13-21-30)33(28-16-8-3-9-17-28)32(27-14-6-2-7-15-27)34-36(39)29-18-10-4-11-19-29/h2-25,33H,1H3/t33-,39+/m1/s1. The maximum absolute atomic E-state index is 14.3. The number of rotatable bonds is 6. The summed E-state index contributed by atoms with van der Waals surface area (Å²) < 4.78 is 35.4. The third-order valence-corrected chi connectivity index (χ3v) is 12.9. The van der Waals surface area contributed by atoms with Crippen molar-refractivity contribution in [3.05, 3.63) is 162 Å². The van der Waals surface area contributed by atoms with Crippen molar-refractivity contribution in [2.24, 2.45) is 9.25 Å². The normalized spacial score (nSPS) is 18.8. The highest BCUT2D eigenvalue weighted by Gasteiger charge is 2.49. The van der Waals surface area contributed by atoms with Gasteiger partial charge in [-0.3, -0.25) is 0 Å². The smallest absolute Gasteiger partial charge is 0.223 e. The number of hydrogen-bond acceptors (Lipinski definition) is 3. The van der Waals surface area contributed by atoms with Gasteiger partial charge in [-0.05, 0) is 42.3 Å². The molecular formula is C33H28N3O2PS. The first-order valence-corrected chi connectivity index (χ1v) is 16.2. The van der Waals surface area contributed by atoms with Gasteiger partial charge < -0.3 is 0 Å². The van der Waals surface area contributed by atoms with Gasteiger partial charge in [-0.25, -0.2) is 4.78 Å². The van der Waals surface area contributed by atoms with Crippen LogP contribution in [0.3, 0.4) is 0 Å².